The lowest BCUT2D eigenvalue weighted by atomic mass is 10.1. The van der Waals surface area contributed by atoms with Crippen LogP contribution in [0.25, 0.3) is 11.0 Å². The highest BCUT2D eigenvalue weighted by Gasteiger charge is 2.13. The number of benzene rings is 2. The second-order valence-corrected chi connectivity index (χ2v) is 7.78. The van der Waals surface area contributed by atoms with Gasteiger partial charge >= 0.3 is 5.63 Å². The van der Waals surface area contributed by atoms with Crippen LogP contribution >= 0.6 is 23.4 Å². The molecule has 0 fully saturated rings. The Hall–Kier alpha value is -2.97. The number of thioether (sulfide) groups is 1. The topological polar surface area (TPSA) is 98.6 Å². The van der Waals surface area contributed by atoms with Crippen molar-refractivity contribution in [1.29, 1.82) is 0 Å². The lowest BCUT2D eigenvalue weighted by molar-refractivity contribution is 0.252. The van der Waals surface area contributed by atoms with Gasteiger partial charge in [-0.1, -0.05) is 30.3 Å². The predicted molar refractivity (Wildman–Crippen MR) is 113 cm³/mol. The molecule has 154 valence electrons. The number of aryl methyl sites for hydroxylation is 1. The summed E-state index contributed by atoms with van der Waals surface area (Å²) in [6.07, 6.45) is 0.661. The Bertz CT molecular complexity index is 1240. The van der Waals surface area contributed by atoms with E-state index in [1.165, 1.54) is 23.9 Å². The zero-order valence-corrected chi connectivity index (χ0v) is 17.5. The minimum absolute atomic E-state index is 0.111. The van der Waals surface area contributed by atoms with Gasteiger partial charge < -0.3 is 18.7 Å². The summed E-state index contributed by atoms with van der Waals surface area (Å²) in [7, 11) is 0. The molecule has 4 aromatic rings. The van der Waals surface area contributed by atoms with Gasteiger partial charge in [-0.05, 0) is 47.9 Å². The number of ether oxygens (including phenoxy) is 1. The molecule has 0 spiro atoms. The second kappa shape index (κ2) is 8.81. The van der Waals surface area contributed by atoms with Gasteiger partial charge in [0, 0.05) is 28.3 Å². The molecule has 0 aliphatic rings. The molecule has 7 nitrogen and oxygen atoms in total. The Labute approximate surface area is 180 Å². The minimum atomic E-state index is -0.482. The summed E-state index contributed by atoms with van der Waals surface area (Å²) < 4.78 is 16.4. The maximum absolute atomic E-state index is 11.9. The molecule has 4 rings (SSSR count). The number of hydrogen-bond acceptors (Lipinski definition) is 8. The number of hydrogen-bond donors (Lipinski definition) is 1. The fourth-order valence-electron chi connectivity index (χ4n) is 2.88. The van der Waals surface area contributed by atoms with Crippen molar-refractivity contribution >= 4 is 34.3 Å². The van der Waals surface area contributed by atoms with Crippen LogP contribution in [0.5, 0.6) is 11.5 Å². The number of fused-ring (bicyclic) bond motifs is 1. The van der Waals surface area contributed by atoms with E-state index in [0.717, 1.165) is 16.5 Å². The van der Waals surface area contributed by atoms with Gasteiger partial charge in [0.15, 0.2) is 6.61 Å². The van der Waals surface area contributed by atoms with Gasteiger partial charge in [0.25, 0.3) is 11.1 Å². The predicted octanol–water partition coefficient (Wildman–Crippen LogP) is 4.97. The Kier molecular flexibility index (Phi) is 5.96. The smallest absolute Gasteiger partial charge is 0.336 e. The number of halogens is 1. The van der Waals surface area contributed by atoms with Crippen molar-refractivity contribution < 1.29 is 18.7 Å². The zero-order chi connectivity index (χ0) is 21.1. The van der Waals surface area contributed by atoms with Crippen molar-refractivity contribution in [3.8, 4) is 11.5 Å². The Morgan fingerprint density at radius 2 is 1.90 bits per heavy atom. The van der Waals surface area contributed by atoms with Crippen LogP contribution in [0.3, 0.4) is 0 Å². The Balaban J connectivity index is 1.46. The third-order valence-electron chi connectivity index (χ3n) is 4.39. The maximum atomic E-state index is 11.9. The summed E-state index contributed by atoms with van der Waals surface area (Å²) in [5.74, 6) is 1.52. The van der Waals surface area contributed by atoms with Crippen LogP contribution in [0.4, 0.5) is 0 Å². The van der Waals surface area contributed by atoms with Crippen LogP contribution in [0.2, 0.25) is 5.02 Å². The van der Waals surface area contributed by atoms with E-state index in [1.807, 2.05) is 13.0 Å². The highest BCUT2D eigenvalue weighted by atomic mass is 35.5. The lowest BCUT2D eigenvalue weighted by Gasteiger charge is -2.07. The van der Waals surface area contributed by atoms with E-state index in [4.69, 9.17) is 25.2 Å². The van der Waals surface area contributed by atoms with Crippen molar-refractivity contribution in [2.24, 2.45) is 0 Å². The first-order valence-electron chi connectivity index (χ1n) is 9.14. The summed E-state index contributed by atoms with van der Waals surface area (Å²) in [6.45, 7) is 2.08. The average molecular weight is 445 g/mol. The summed E-state index contributed by atoms with van der Waals surface area (Å²) in [5.41, 5.74) is 1.40. The number of aromatic nitrogens is 2. The molecule has 0 saturated heterocycles. The summed E-state index contributed by atoms with van der Waals surface area (Å²) >= 11 is 7.15. The van der Waals surface area contributed by atoms with Gasteiger partial charge in [-0.15, -0.1) is 10.2 Å². The quantitative estimate of drug-likeness (QED) is 0.315. The zero-order valence-electron chi connectivity index (χ0n) is 15.9. The molecular weight excluding hydrogens is 428 g/mol. The molecule has 0 aliphatic carbocycles. The number of aromatic hydroxyl groups is 1. The fraction of sp³-hybridized carbons (Fsp3) is 0.190. The van der Waals surface area contributed by atoms with Gasteiger partial charge in [-0.25, -0.2) is 4.79 Å². The first-order valence-corrected chi connectivity index (χ1v) is 10.5. The van der Waals surface area contributed by atoms with Crippen molar-refractivity contribution in [1.82, 2.24) is 10.2 Å². The number of nitrogens with zero attached hydrogens (tertiary/aromatic N) is 2. The normalized spacial score (nSPS) is 11.1. The SMILES string of the molecule is CCc1cc2c(CSc3nnc(COc4ccc(Cl)cc4)o3)cc(=O)oc2cc1O. The molecule has 0 aliphatic heterocycles. The van der Waals surface area contributed by atoms with Crippen molar-refractivity contribution in [3.05, 3.63) is 74.9 Å². The van der Waals surface area contributed by atoms with Crippen LogP contribution in [0.1, 0.15) is 23.9 Å². The standard InChI is InChI=1S/C21H17ClN2O5S/c1-2-12-7-16-13(8-20(26)28-18(16)9-17(12)25)11-30-21-24-23-19(29-21)10-27-15-5-3-14(22)4-6-15/h3-9,25H,2,10-11H2,1H3. The fourth-order valence-corrected chi connectivity index (χ4v) is 3.78. The number of rotatable bonds is 7. The molecule has 2 aromatic heterocycles. The van der Waals surface area contributed by atoms with Gasteiger partial charge in [-0.3, -0.25) is 0 Å². The van der Waals surface area contributed by atoms with Crippen molar-refractivity contribution in [2.75, 3.05) is 0 Å². The van der Waals surface area contributed by atoms with E-state index >= 15 is 0 Å². The van der Waals surface area contributed by atoms with Gasteiger partial charge in [-0.2, -0.15) is 0 Å². The van der Waals surface area contributed by atoms with Crippen LogP contribution in [0, 0.1) is 0 Å². The van der Waals surface area contributed by atoms with Crippen molar-refractivity contribution in [2.45, 2.75) is 30.9 Å². The van der Waals surface area contributed by atoms with E-state index in [0.29, 0.717) is 39.6 Å². The molecule has 0 radical (unpaired) electrons. The van der Waals surface area contributed by atoms with E-state index in [-0.39, 0.29) is 12.4 Å². The van der Waals surface area contributed by atoms with Crippen LogP contribution < -0.4 is 10.4 Å². The van der Waals surface area contributed by atoms with Gasteiger partial charge in [0.05, 0.1) is 0 Å². The van der Waals surface area contributed by atoms with E-state index < -0.39 is 5.63 Å². The van der Waals surface area contributed by atoms with E-state index in [9.17, 15) is 9.90 Å². The number of phenolic OH excluding ortho intramolecular Hbond substituents is 1. The Morgan fingerprint density at radius 1 is 1.10 bits per heavy atom. The second-order valence-electron chi connectivity index (χ2n) is 6.41. The van der Waals surface area contributed by atoms with Gasteiger partial charge in [0.2, 0.25) is 0 Å². The van der Waals surface area contributed by atoms with Crippen LogP contribution in [-0.4, -0.2) is 15.3 Å². The molecule has 9 heteroatoms. The summed E-state index contributed by atoms with van der Waals surface area (Å²) in [5, 5.41) is 19.8. The van der Waals surface area contributed by atoms with E-state index in [2.05, 4.69) is 10.2 Å². The first-order chi connectivity index (χ1) is 14.5. The van der Waals surface area contributed by atoms with Gasteiger partial charge in [0.1, 0.15) is 17.1 Å². The third-order valence-corrected chi connectivity index (χ3v) is 5.50. The molecule has 2 aromatic carbocycles. The third kappa shape index (κ3) is 4.60. The molecule has 0 bridgehead atoms. The summed E-state index contributed by atoms with van der Waals surface area (Å²) in [6, 6.07) is 11.7. The minimum Gasteiger partial charge on any atom is -0.508 e. The van der Waals surface area contributed by atoms with Crippen molar-refractivity contribution in [3.63, 3.8) is 0 Å². The highest BCUT2D eigenvalue weighted by Crippen LogP contribution is 2.30. The molecule has 2 heterocycles. The average Bonchev–Trinajstić information content (AvgIpc) is 3.19. The Morgan fingerprint density at radius 3 is 2.67 bits per heavy atom. The largest absolute Gasteiger partial charge is 0.508 e. The van der Waals surface area contributed by atoms with Crippen LogP contribution in [0.15, 0.2) is 61.3 Å². The van der Waals surface area contributed by atoms with E-state index in [1.54, 1.807) is 24.3 Å². The molecule has 30 heavy (non-hydrogen) atoms. The molecular formula is C21H17ClN2O5S. The first kappa shape index (κ1) is 20.3. The monoisotopic (exact) mass is 444 g/mol. The molecule has 0 unspecified atom stereocenters. The van der Waals surface area contributed by atoms with Crippen LogP contribution in [-0.2, 0) is 18.8 Å². The highest BCUT2D eigenvalue weighted by molar-refractivity contribution is 7.98. The number of phenols is 1. The molecule has 0 atom stereocenters. The molecule has 0 amide bonds. The molecule has 0 saturated carbocycles. The summed E-state index contributed by atoms with van der Waals surface area (Å²) in [4.78, 5) is 11.9. The molecule has 1 N–H and O–H groups in total. The lowest BCUT2D eigenvalue weighted by Crippen LogP contribution is -2.00. The maximum Gasteiger partial charge on any atom is 0.336 e.